The van der Waals surface area contributed by atoms with Gasteiger partial charge in [0.1, 0.15) is 5.75 Å². The van der Waals surface area contributed by atoms with Gasteiger partial charge in [-0.3, -0.25) is 0 Å². The maximum absolute atomic E-state index is 5.87. The van der Waals surface area contributed by atoms with Crippen molar-refractivity contribution in [2.45, 2.75) is 11.8 Å². The van der Waals surface area contributed by atoms with E-state index in [9.17, 15) is 0 Å². The van der Waals surface area contributed by atoms with Crippen LogP contribution in [0, 0.1) is 0 Å². The van der Waals surface area contributed by atoms with Gasteiger partial charge in [0.15, 0.2) is 0 Å². The van der Waals surface area contributed by atoms with E-state index in [1.807, 2.05) is 25.1 Å². The Morgan fingerprint density at radius 3 is 2.47 bits per heavy atom. The second kappa shape index (κ2) is 6.38. The Kier molecular flexibility index (Phi) is 4.58. The highest BCUT2D eigenvalue weighted by Gasteiger charge is 2.01. The Balaban J connectivity index is 2.17. The summed E-state index contributed by atoms with van der Waals surface area (Å²) >= 11 is 1.73. The average Bonchev–Trinajstić information content (AvgIpc) is 2.39. The van der Waals surface area contributed by atoms with Crippen LogP contribution in [0.2, 0.25) is 0 Å². The highest BCUT2D eigenvalue weighted by molar-refractivity contribution is 7.98. The molecule has 3 N–H and O–H groups in total. The molecule has 0 saturated carbocycles. The number of benzene rings is 2. The second-order valence-corrected chi connectivity index (χ2v) is 4.96. The van der Waals surface area contributed by atoms with Crippen LogP contribution in [-0.2, 0) is 0 Å². The van der Waals surface area contributed by atoms with Crippen molar-refractivity contribution in [1.82, 2.24) is 0 Å². The van der Waals surface area contributed by atoms with E-state index in [0.29, 0.717) is 12.3 Å². The molecular weight excluding hydrogens is 256 g/mol. The first-order chi connectivity index (χ1) is 9.21. The molecule has 0 radical (unpaired) electrons. The molecule has 4 heteroatoms. The van der Waals surface area contributed by atoms with Gasteiger partial charge in [0.2, 0.25) is 0 Å². The predicted octanol–water partition coefficient (Wildman–Crippen LogP) is 4.13. The standard InChI is InChI=1S/C15H18N2OS/c1-3-18-14-9-11(16)8-13(10-14)17-12-4-6-15(19-2)7-5-12/h4-10,17H,3,16H2,1-2H3. The molecule has 0 spiro atoms. The minimum absolute atomic E-state index is 0.630. The van der Waals surface area contributed by atoms with Crippen LogP contribution < -0.4 is 15.8 Å². The van der Waals surface area contributed by atoms with E-state index in [-0.39, 0.29) is 0 Å². The molecule has 0 atom stereocenters. The van der Waals surface area contributed by atoms with Gasteiger partial charge in [-0.25, -0.2) is 0 Å². The van der Waals surface area contributed by atoms with E-state index in [0.717, 1.165) is 17.1 Å². The minimum atomic E-state index is 0.630. The molecular formula is C15H18N2OS. The smallest absolute Gasteiger partial charge is 0.123 e. The van der Waals surface area contributed by atoms with Crippen LogP contribution in [-0.4, -0.2) is 12.9 Å². The van der Waals surface area contributed by atoms with Gasteiger partial charge in [0.05, 0.1) is 6.61 Å². The maximum Gasteiger partial charge on any atom is 0.123 e. The number of anilines is 3. The van der Waals surface area contributed by atoms with E-state index in [2.05, 4.69) is 35.8 Å². The highest BCUT2D eigenvalue weighted by atomic mass is 32.2. The van der Waals surface area contributed by atoms with Crippen molar-refractivity contribution in [1.29, 1.82) is 0 Å². The van der Waals surface area contributed by atoms with Gasteiger partial charge in [-0.1, -0.05) is 0 Å². The first-order valence-electron chi connectivity index (χ1n) is 6.15. The third kappa shape index (κ3) is 3.83. The van der Waals surface area contributed by atoms with Crippen LogP contribution >= 0.6 is 11.8 Å². The molecule has 3 nitrogen and oxygen atoms in total. The van der Waals surface area contributed by atoms with Crippen molar-refractivity contribution >= 4 is 28.8 Å². The van der Waals surface area contributed by atoms with Crippen molar-refractivity contribution in [2.75, 3.05) is 23.9 Å². The van der Waals surface area contributed by atoms with E-state index in [4.69, 9.17) is 10.5 Å². The monoisotopic (exact) mass is 274 g/mol. The van der Waals surface area contributed by atoms with Crippen molar-refractivity contribution in [3.05, 3.63) is 42.5 Å². The number of hydrogen-bond donors (Lipinski definition) is 2. The number of rotatable bonds is 5. The Hall–Kier alpha value is -1.81. The van der Waals surface area contributed by atoms with Gasteiger partial charge in [-0.05, 0) is 43.5 Å². The predicted molar refractivity (Wildman–Crippen MR) is 83.5 cm³/mol. The summed E-state index contributed by atoms with van der Waals surface area (Å²) in [5.41, 5.74) is 8.52. The van der Waals surface area contributed by atoms with Gasteiger partial charge in [-0.2, -0.15) is 0 Å². The molecule has 0 fully saturated rings. The first kappa shape index (κ1) is 13.6. The lowest BCUT2D eigenvalue weighted by Crippen LogP contribution is -1.96. The molecule has 0 saturated heterocycles. The molecule has 2 aromatic carbocycles. The zero-order valence-corrected chi connectivity index (χ0v) is 12.0. The topological polar surface area (TPSA) is 47.3 Å². The summed E-state index contributed by atoms with van der Waals surface area (Å²) in [4.78, 5) is 1.24. The average molecular weight is 274 g/mol. The lowest BCUT2D eigenvalue weighted by molar-refractivity contribution is 0.340. The molecule has 0 bridgehead atoms. The van der Waals surface area contributed by atoms with Crippen LogP contribution in [0.4, 0.5) is 17.1 Å². The quantitative estimate of drug-likeness (QED) is 0.635. The molecule has 2 rings (SSSR count). The Bertz CT molecular complexity index is 540. The van der Waals surface area contributed by atoms with Crippen LogP contribution in [0.3, 0.4) is 0 Å². The molecule has 0 aliphatic rings. The fraction of sp³-hybridized carbons (Fsp3) is 0.200. The van der Waals surface area contributed by atoms with Crippen molar-refractivity contribution in [3.8, 4) is 5.75 Å². The van der Waals surface area contributed by atoms with Gasteiger partial charge in [0, 0.05) is 34.1 Å². The number of nitrogens with two attached hydrogens (primary N) is 1. The lowest BCUT2D eigenvalue weighted by atomic mass is 10.2. The fourth-order valence-electron chi connectivity index (χ4n) is 1.79. The van der Waals surface area contributed by atoms with Crippen LogP contribution in [0.1, 0.15) is 6.92 Å². The third-order valence-electron chi connectivity index (χ3n) is 2.62. The molecule has 0 heterocycles. The van der Waals surface area contributed by atoms with Crippen LogP contribution in [0.25, 0.3) is 0 Å². The molecule has 0 aliphatic heterocycles. The summed E-state index contributed by atoms with van der Waals surface area (Å²) in [6.07, 6.45) is 2.06. The number of ether oxygens (including phenoxy) is 1. The zero-order valence-electron chi connectivity index (χ0n) is 11.1. The van der Waals surface area contributed by atoms with Crippen molar-refractivity contribution in [3.63, 3.8) is 0 Å². The molecule has 0 amide bonds. The van der Waals surface area contributed by atoms with E-state index < -0.39 is 0 Å². The van der Waals surface area contributed by atoms with E-state index >= 15 is 0 Å². The summed E-state index contributed by atoms with van der Waals surface area (Å²) in [7, 11) is 0. The SMILES string of the molecule is CCOc1cc(N)cc(Nc2ccc(SC)cc2)c1. The van der Waals surface area contributed by atoms with Crippen molar-refractivity contribution in [2.24, 2.45) is 0 Å². The molecule has 2 aromatic rings. The largest absolute Gasteiger partial charge is 0.494 e. The normalized spacial score (nSPS) is 10.2. The van der Waals surface area contributed by atoms with Gasteiger partial charge in [-0.15, -0.1) is 11.8 Å². The Morgan fingerprint density at radius 2 is 1.84 bits per heavy atom. The Labute approximate surface area is 118 Å². The number of nitrogen functional groups attached to an aromatic ring is 1. The third-order valence-corrected chi connectivity index (χ3v) is 3.36. The van der Waals surface area contributed by atoms with Gasteiger partial charge in [0.25, 0.3) is 0 Å². The lowest BCUT2D eigenvalue weighted by Gasteiger charge is -2.10. The summed E-state index contributed by atoms with van der Waals surface area (Å²) < 4.78 is 5.48. The summed E-state index contributed by atoms with van der Waals surface area (Å²) in [5, 5.41) is 3.33. The summed E-state index contributed by atoms with van der Waals surface area (Å²) in [5.74, 6) is 0.783. The first-order valence-corrected chi connectivity index (χ1v) is 7.38. The van der Waals surface area contributed by atoms with Gasteiger partial charge >= 0.3 is 0 Å². The minimum Gasteiger partial charge on any atom is -0.494 e. The molecule has 0 aliphatic carbocycles. The zero-order chi connectivity index (χ0) is 13.7. The summed E-state index contributed by atoms with van der Waals surface area (Å²) in [6, 6.07) is 13.9. The van der Waals surface area contributed by atoms with Crippen LogP contribution in [0.5, 0.6) is 5.75 Å². The molecule has 0 aromatic heterocycles. The maximum atomic E-state index is 5.87. The number of hydrogen-bond acceptors (Lipinski definition) is 4. The van der Waals surface area contributed by atoms with E-state index in [1.54, 1.807) is 11.8 Å². The fourth-order valence-corrected chi connectivity index (χ4v) is 2.19. The van der Waals surface area contributed by atoms with Crippen LogP contribution in [0.15, 0.2) is 47.4 Å². The number of thioether (sulfide) groups is 1. The second-order valence-electron chi connectivity index (χ2n) is 4.08. The Morgan fingerprint density at radius 1 is 1.11 bits per heavy atom. The molecule has 0 unspecified atom stereocenters. The van der Waals surface area contributed by atoms with Crippen molar-refractivity contribution < 1.29 is 4.74 Å². The van der Waals surface area contributed by atoms with Gasteiger partial charge < -0.3 is 15.8 Å². The molecule has 19 heavy (non-hydrogen) atoms. The molecule has 100 valence electrons. The summed E-state index contributed by atoms with van der Waals surface area (Å²) in [6.45, 7) is 2.59. The van der Waals surface area contributed by atoms with E-state index in [1.165, 1.54) is 4.90 Å². The highest BCUT2D eigenvalue weighted by Crippen LogP contribution is 2.26. The number of nitrogens with one attached hydrogen (secondary N) is 1.